The lowest BCUT2D eigenvalue weighted by molar-refractivity contribution is 0.137. The highest BCUT2D eigenvalue weighted by Crippen LogP contribution is 2.15. The van der Waals surface area contributed by atoms with Gasteiger partial charge in [0.05, 0.1) is 6.10 Å². The number of aliphatic hydroxyl groups excluding tert-OH is 1. The maximum atomic E-state index is 8.61. The third-order valence-electron chi connectivity index (χ3n) is 1.55. The molecule has 0 aromatic carbocycles. The summed E-state index contributed by atoms with van der Waals surface area (Å²) in [5, 5.41) is 9.15. The van der Waals surface area contributed by atoms with Crippen molar-refractivity contribution in [2.24, 2.45) is 0 Å². The first kappa shape index (κ1) is 11.3. The topological polar surface area (TPSA) is 29.5 Å². The predicted octanol–water partition coefficient (Wildman–Crippen LogP) is 1.53. The smallest absolute Gasteiger partial charge is 0.0633 e. The van der Waals surface area contributed by atoms with E-state index in [0.717, 1.165) is 12.2 Å². The van der Waals surface area contributed by atoms with Crippen LogP contribution in [0.25, 0.3) is 0 Å². The molecule has 3 heteroatoms. The fraction of sp³-hybridized carbons (Fsp3) is 1.00. The van der Waals surface area contributed by atoms with Crippen molar-refractivity contribution in [2.75, 3.05) is 19.5 Å². The Morgan fingerprint density at radius 3 is 2.55 bits per heavy atom. The number of aliphatic hydroxyl groups is 1. The molecule has 0 spiro atoms. The zero-order valence-corrected chi connectivity index (χ0v) is 8.36. The fourth-order valence-corrected chi connectivity index (χ4v) is 1.64. The summed E-state index contributed by atoms with van der Waals surface area (Å²) < 4.78 is 5.10. The molecule has 68 valence electrons. The first-order valence-electron chi connectivity index (χ1n) is 3.96. The molecule has 2 unspecified atom stereocenters. The van der Waals surface area contributed by atoms with Crippen LogP contribution in [0.2, 0.25) is 0 Å². The maximum Gasteiger partial charge on any atom is 0.0633 e. The minimum absolute atomic E-state index is 0.287. The molecule has 0 aromatic heterocycles. The molecule has 0 aliphatic rings. The molecule has 0 rings (SSSR count). The first-order chi connectivity index (χ1) is 5.20. The van der Waals surface area contributed by atoms with Crippen molar-refractivity contribution < 1.29 is 9.84 Å². The Hall–Kier alpha value is 0.270. The molecule has 1 N–H and O–H groups in total. The Bertz CT molecular complexity index is 88.2. The molecule has 0 radical (unpaired) electrons. The number of methoxy groups -OCH3 is 1. The van der Waals surface area contributed by atoms with Gasteiger partial charge >= 0.3 is 0 Å². The van der Waals surface area contributed by atoms with Crippen molar-refractivity contribution in [1.29, 1.82) is 0 Å². The summed E-state index contributed by atoms with van der Waals surface area (Å²) in [4.78, 5) is 0. The Morgan fingerprint density at radius 2 is 2.09 bits per heavy atom. The van der Waals surface area contributed by atoms with E-state index in [1.807, 2.05) is 11.8 Å². The second-order valence-corrected chi connectivity index (χ2v) is 4.17. The Morgan fingerprint density at radius 1 is 1.45 bits per heavy atom. The van der Waals surface area contributed by atoms with E-state index in [2.05, 4.69) is 13.8 Å². The van der Waals surface area contributed by atoms with E-state index >= 15 is 0 Å². The highest BCUT2D eigenvalue weighted by atomic mass is 32.2. The van der Waals surface area contributed by atoms with Crippen LogP contribution in [-0.2, 0) is 4.74 Å². The average Bonchev–Trinajstić information content (AvgIpc) is 2.01. The van der Waals surface area contributed by atoms with Crippen LogP contribution >= 0.6 is 11.8 Å². The largest absolute Gasteiger partial charge is 0.396 e. The van der Waals surface area contributed by atoms with Crippen molar-refractivity contribution >= 4 is 11.8 Å². The van der Waals surface area contributed by atoms with Crippen molar-refractivity contribution in [2.45, 2.75) is 31.6 Å². The van der Waals surface area contributed by atoms with E-state index in [0.29, 0.717) is 11.4 Å². The molecule has 0 fully saturated rings. The van der Waals surface area contributed by atoms with E-state index < -0.39 is 0 Å². The maximum absolute atomic E-state index is 8.61. The first-order valence-corrected chi connectivity index (χ1v) is 5.00. The summed E-state index contributed by atoms with van der Waals surface area (Å²) in [5.41, 5.74) is 0. The average molecular weight is 178 g/mol. The lowest BCUT2D eigenvalue weighted by Crippen LogP contribution is -2.11. The molecular formula is C8H18O2S. The van der Waals surface area contributed by atoms with E-state index in [-0.39, 0.29) is 6.61 Å². The normalized spacial score (nSPS) is 16.4. The second kappa shape index (κ2) is 6.95. The standard InChI is InChI=1S/C8H18O2S/c1-7(10-3)6-11-8(2)4-5-9/h7-9H,4-6H2,1-3H3. The SMILES string of the molecule is COC(C)CSC(C)CCO. The third kappa shape index (κ3) is 6.66. The number of rotatable bonds is 6. The van der Waals surface area contributed by atoms with Crippen molar-refractivity contribution in [3.05, 3.63) is 0 Å². The summed E-state index contributed by atoms with van der Waals surface area (Å²) in [5.74, 6) is 1.01. The number of ether oxygens (including phenoxy) is 1. The van der Waals surface area contributed by atoms with Crippen molar-refractivity contribution in [3.8, 4) is 0 Å². The third-order valence-corrected chi connectivity index (χ3v) is 3.02. The van der Waals surface area contributed by atoms with Gasteiger partial charge in [-0.15, -0.1) is 0 Å². The van der Waals surface area contributed by atoms with Crippen molar-refractivity contribution in [3.63, 3.8) is 0 Å². The quantitative estimate of drug-likeness (QED) is 0.669. The molecule has 0 aliphatic heterocycles. The van der Waals surface area contributed by atoms with Gasteiger partial charge in [0.1, 0.15) is 0 Å². The van der Waals surface area contributed by atoms with Crippen LogP contribution in [0.4, 0.5) is 0 Å². The molecule has 0 saturated heterocycles. The highest BCUT2D eigenvalue weighted by molar-refractivity contribution is 7.99. The zero-order valence-electron chi connectivity index (χ0n) is 7.54. The highest BCUT2D eigenvalue weighted by Gasteiger charge is 2.04. The van der Waals surface area contributed by atoms with Gasteiger partial charge in [-0.25, -0.2) is 0 Å². The van der Waals surface area contributed by atoms with Gasteiger partial charge in [-0.3, -0.25) is 0 Å². The van der Waals surface area contributed by atoms with Crippen LogP contribution in [0.5, 0.6) is 0 Å². The lowest BCUT2D eigenvalue weighted by Gasteiger charge is -2.12. The van der Waals surface area contributed by atoms with Gasteiger partial charge in [0.25, 0.3) is 0 Å². The Balaban J connectivity index is 3.22. The van der Waals surface area contributed by atoms with Gasteiger partial charge in [0.2, 0.25) is 0 Å². The molecule has 11 heavy (non-hydrogen) atoms. The molecule has 0 saturated carbocycles. The van der Waals surface area contributed by atoms with Crippen LogP contribution in [0, 0.1) is 0 Å². The van der Waals surface area contributed by atoms with Crippen LogP contribution in [0.3, 0.4) is 0 Å². The number of hydrogen-bond acceptors (Lipinski definition) is 3. The molecule has 0 bridgehead atoms. The van der Waals surface area contributed by atoms with Crippen LogP contribution < -0.4 is 0 Å². The van der Waals surface area contributed by atoms with Gasteiger partial charge in [0.15, 0.2) is 0 Å². The predicted molar refractivity (Wildman–Crippen MR) is 50.1 cm³/mol. The Kier molecular flexibility index (Phi) is 7.12. The van der Waals surface area contributed by atoms with Gasteiger partial charge < -0.3 is 9.84 Å². The number of thioether (sulfide) groups is 1. The van der Waals surface area contributed by atoms with Gasteiger partial charge in [-0.2, -0.15) is 11.8 Å². The van der Waals surface area contributed by atoms with Gasteiger partial charge in [-0.1, -0.05) is 6.92 Å². The second-order valence-electron chi connectivity index (χ2n) is 2.70. The molecular weight excluding hydrogens is 160 g/mol. The van der Waals surface area contributed by atoms with Gasteiger partial charge in [-0.05, 0) is 13.3 Å². The molecule has 0 heterocycles. The van der Waals surface area contributed by atoms with Crippen LogP contribution in [-0.4, -0.2) is 35.9 Å². The van der Waals surface area contributed by atoms with E-state index in [1.165, 1.54) is 0 Å². The molecule has 2 atom stereocenters. The molecule has 0 aliphatic carbocycles. The summed E-state index contributed by atoms with van der Waals surface area (Å²) in [6.07, 6.45) is 1.20. The zero-order chi connectivity index (χ0) is 8.69. The molecule has 0 amide bonds. The summed E-state index contributed by atoms with van der Waals surface area (Å²) in [7, 11) is 1.72. The summed E-state index contributed by atoms with van der Waals surface area (Å²) in [6.45, 7) is 4.47. The van der Waals surface area contributed by atoms with Crippen LogP contribution in [0.1, 0.15) is 20.3 Å². The van der Waals surface area contributed by atoms with Crippen LogP contribution in [0.15, 0.2) is 0 Å². The van der Waals surface area contributed by atoms with E-state index in [9.17, 15) is 0 Å². The number of hydrogen-bond donors (Lipinski definition) is 1. The minimum Gasteiger partial charge on any atom is -0.396 e. The Labute approximate surface area is 73.3 Å². The molecule has 0 aromatic rings. The van der Waals surface area contributed by atoms with E-state index in [4.69, 9.17) is 9.84 Å². The van der Waals surface area contributed by atoms with Gasteiger partial charge in [0, 0.05) is 24.7 Å². The van der Waals surface area contributed by atoms with E-state index in [1.54, 1.807) is 7.11 Å². The minimum atomic E-state index is 0.287. The summed E-state index contributed by atoms with van der Waals surface area (Å²) in [6, 6.07) is 0. The monoisotopic (exact) mass is 178 g/mol. The fourth-order valence-electron chi connectivity index (χ4n) is 0.633. The van der Waals surface area contributed by atoms with Crippen molar-refractivity contribution in [1.82, 2.24) is 0 Å². The lowest BCUT2D eigenvalue weighted by atomic mass is 10.3. The summed E-state index contributed by atoms with van der Waals surface area (Å²) >= 11 is 1.85. The molecule has 2 nitrogen and oxygen atoms in total.